The van der Waals surface area contributed by atoms with Crippen LogP contribution in [0.15, 0.2) is 30.3 Å². The molecule has 0 radical (unpaired) electrons. The van der Waals surface area contributed by atoms with E-state index in [9.17, 15) is 9.90 Å². The van der Waals surface area contributed by atoms with Gasteiger partial charge in [0.05, 0.1) is 12.5 Å². The molecule has 0 amide bonds. The lowest BCUT2D eigenvalue weighted by Gasteiger charge is -1.93. The molecule has 1 aromatic rings. The maximum atomic E-state index is 10.0. The number of rotatable bonds is 4. The Morgan fingerprint density at radius 2 is 2.00 bits per heavy atom. The van der Waals surface area contributed by atoms with Crippen molar-refractivity contribution in [2.24, 2.45) is 0 Å². The van der Waals surface area contributed by atoms with Crippen LogP contribution in [0.3, 0.4) is 0 Å². The minimum absolute atomic E-state index is 0.626. The first-order chi connectivity index (χ1) is 8.10. The minimum atomic E-state index is -1.20. The lowest BCUT2D eigenvalue weighted by Crippen LogP contribution is -2.49. The average Bonchev–Trinajstić information content (AvgIpc) is 2.30. The summed E-state index contributed by atoms with van der Waals surface area (Å²) < 4.78 is 0. The number of hydrogen-bond acceptors (Lipinski definition) is 2. The molecule has 0 bridgehead atoms. The predicted molar refractivity (Wildman–Crippen MR) is 68.2 cm³/mol. The maximum Gasteiger partial charge on any atom is 0.0739 e. The third kappa shape index (κ3) is 9.60. The molecule has 0 saturated heterocycles. The zero-order valence-corrected chi connectivity index (χ0v) is 10.7. The molecule has 0 saturated carbocycles. The smallest absolute Gasteiger partial charge is 0.0739 e. The first kappa shape index (κ1) is 15.7. The number of carboxylic acids is 1. The van der Waals surface area contributed by atoms with Gasteiger partial charge in [0.1, 0.15) is 0 Å². The second-order valence-corrected chi connectivity index (χ2v) is 3.85. The van der Waals surface area contributed by atoms with E-state index < -0.39 is 5.97 Å². The SMILES string of the molecule is CCCC[NH3+].O=C([O-])/C=C/c1ccc(Cl)cc1. The fourth-order valence-electron chi connectivity index (χ4n) is 0.988. The molecule has 1 rings (SSSR count). The molecule has 0 atom stereocenters. The molecule has 3 nitrogen and oxygen atoms in total. The molecule has 0 aliphatic heterocycles. The van der Waals surface area contributed by atoms with Gasteiger partial charge in [0.25, 0.3) is 0 Å². The molecule has 0 unspecified atom stereocenters. The first-order valence-electron chi connectivity index (χ1n) is 5.54. The zero-order chi connectivity index (χ0) is 13.1. The number of unbranched alkanes of at least 4 members (excludes halogenated alkanes) is 1. The van der Waals surface area contributed by atoms with Crippen LogP contribution in [0.1, 0.15) is 25.3 Å². The van der Waals surface area contributed by atoms with Gasteiger partial charge < -0.3 is 15.6 Å². The van der Waals surface area contributed by atoms with Gasteiger partial charge in [-0.2, -0.15) is 0 Å². The minimum Gasteiger partial charge on any atom is -0.545 e. The largest absolute Gasteiger partial charge is 0.545 e. The van der Waals surface area contributed by atoms with Crippen LogP contribution in [0.4, 0.5) is 0 Å². The molecule has 0 aliphatic rings. The Balaban J connectivity index is 0.000000437. The molecular formula is C13H18ClNO2. The fraction of sp³-hybridized carbons (Fsp3) is 0.308. The number of benzene rings is 1. The fourth-order valence-corrected chi connectivity index (χ4v) is 1.11. The number of carboxylic acid groups (broad SMARTS) is 1. The predicted octanol–water partition coefficient (Wildman–Crippen LogP) is 1.13. The third-order valence-electron chi connectivity index (χ3n) is 1.89. The zero-order valence-electron chi connectivity index (χ0n) is 9.99. The normalized spacial score (nSPS) is 9.82. The summed E-state index contributed by atoms with van der Waals surface area (Å²) in [5, 5.41) is 10.6. The van der Waals surface area contributed by atoms with Gasteiger partial charge in [-0.15, -0.1) is 0 Å². The highest BCUT2D eigenvalue weighted by molar-refractivity contribution is 6.30. The lowest BCUT2D eigenvalue weighted by atomic mass is 10.2. The van der Waals surface area contributed by atoms with Crippen molar-refractivity contribution in [1.82, 2.24) is 0 Å². The van der Waals surface area contributed by atoms with E-state index in [4.69, 9.17) is 11.6 Å². The van der Waals surface area contributed by atoms with Crippen molar-refractivity contribution in [3.8, 4) is 0 Å². The van der Waals surface area contributed by atoms with Crippen LogP contribution in [-0.2, 0) is 4.79 Å². The van der Waals surface area contributed by atoms with E-state index in [1.54, 1.807) is 24.3 Å². The van der Waals surface area contributed by atoms with Gasteiger partial charge in [-0.3, -0.25) is 0 Å². The van der Waals surface area contributed by atoms with Crippen LogP contribution >= 0.6 is 11.6 Å². The van der Waals surface area contributed by atoms with Crippen molar-refractivity contribution in [3.63, 3.8) is 0 Å². The van der Waals surface area contributed by atoms with Gasteiger partial charge in [-0.05, 0) is 30.2 Å². The van der Waals surface area contributed by atoms with Gasteiger partial charge >= 0.3 is 0 Å². The van der Waals surface area contributed by atoms with Crippen LogP contribution < -0.4 is 10.8 Å². The van der Waals surface area contributed by atoms with E-state index >= 15 is 0 Å². The standard InChI is InChI=1S/C9H7ClO2.C4H11N/c10-8-4-1-7(2-5-8)3-6-9(11)12;1-2-3-4-5/h1-6H,(H,11,12);2-5H2,1H3/b6-3+;. The average molecular weight is 256 g/mol. The van der Waals surface area contributed by atoms with Gasteiger partial charge in [0.15, 0.2) is 0 Å². The van der Waals surface area contributed by atoms with Crippen molar-refractivity contribution in [2.75, 3.05) is 6.54 Å². The first-order valence-corrected chi connectivity index (χ1v) is 5.91. The van der Waals surface area contributed by atoms with Gasteiger partial charge in [-0.1, -0.05) is 43.2 Å². The third-order valence-corrected chi connectivity index (χ3v) is 2.14. The Bertz CT molecular complexity index is 345. The molecule has 17 heavy (non-hydrogen) atoms. The Labute approximate surface area is 107 Å². The molecule has 4 heteroatoms. The highest BCUT2D eigenvalue weighted by Gasteiger charge is 1.86. The summed E-state index contributed by atoms with van der Waals surface area (Å²) in [7, 11) is 0. The van der Waals surface area contributed by atoms with Crippen molar-refractivity contribution in [2.45, 2.75) is 19.8 Å². The molecule has 0 heterocycles. The topological polar surface area (TPSA) is 67.8 Å². The summed E-state index contributed by atoms with van der Waals surface area (Å²) in [5.41, 5.74) is 4.46. The second kappa shape index (κ2) is 9.87. The number of quaternary nitrogens is 1. The van der Waals surface area contributed by atoms with E-state index in [0.717, 1.165) is 18.2 Å². The lowest BCUT2D eigenvalue weighted by molar-refractivity contribution is -0.368. The van der Waals surface area contributed by atoms with Crippen molar-refractivity contribution < 1.29 is 15.6 Å². The number of carbonyl (C=O) groups is 1. The molecule has 0 fully saturated rings. The van der Waals surface area contributed by atoms with Crippen LogP contribution in [0.5, 0.6) is 0 Å². The summed E-state index contributed by atoms with van der Waals surface area (Å²) in [5.74, 6) is -1.20. The van der Waals surface area contributed by atoms with Crippen LogP contribution in [0.25, 0.3) is 6.08 Å². The molecule has 1 aromatic carbocycles. The Kier molecular flexibility index (Phi) is 9.11. The summed E-state index contributed by atoms with van der Waals surface area (Å²) in [6, 6.07) is 6.83. The maximum absolute atomic E-state index is 10.0. The highest BCUT2D eigenvalue weighted by Crippen LogP contribution is 2.10. The van der Waals surface area contributed by atoms with E-state index in [0.29, 0.717) is 5.02 Å². The van der Waals surface area contributed by atoms with E-state index in [1.165, 1.54) is 18.9 Å². The monoisotopic (exact) mass is 255 g/mol. The number of carbonyl (C=O) groups excluding carboxylic acids is 1. The molecular weight excluding hydrogens is 238 g/mol. The van der Waals surface area contributed by atoms with Crippen LogP contribution in [-0.4, -0.2) is 12.5 Å². The summed E-state index contributed by atoms with van der Waals surface area (Å²) in [4.78, 5) is 10.0. The van der Waals surface area contributed by atoms with Gasteiger partial charge in [0, 0.05) is 5.02 Å². The number of halogens is 1. The van der Waals surface area contributed by atoms with E-state index in [-0.39, 0.29) is 0 Å². The number of hydrogen-bond donors (Lipinski definition) is 1. The number of aliphatic carboxylic acids is 1. The van der Waals surface area contributed by atoms with Crippen molar-refractivity contribution in [3.05, 3.63) is 40.9 Å². The van der Waals surface area contributed by atoms with Crippen LogP contribution in [0.2, 0.25) is 5.02 Å². The molecule has 94 valence electrons. The molecule has 3 N–H and O–H groups in total. The van der Waals surface area contributed by atoms with Crippen molar-refractivity contribution >= 4 is 23.6 Å². The quantitative estimate of drug-likeness (QED) is 0.820. The Morgan fingerprint density at radius 3 is 2.35 bits per heavy atom. The summed E-state index contributed by atoms with van der Waals surface area (Å²) >= 11 is 5.62. The molecule has 0 aromatic heterocycles. The van der Waals surface area contributed by atoms with Crippen LogP contribution in [0, 0.1) is 0 Å². The van der Waals surface area contributed by atoms with Crippen molar-refractivity contribution in [1.29, 1.82) is 0 Å². The molecule has 0 aliphatic carbocycles. The van der Waals surface area contributed by atoms with E-state index in [2.05, 4.69) is 12.7 Å². The Hall–Kier alpha value is -1.32. The Morgan fingerprint density at radius 1 is 1.41 bits per heavy atom. The second-order valence-electron chi connectivity index (χ2n) is 3.41. The summed E-state index contributed by atoms with van der Waals surface area (Å²) in [6.07, 6.45) is 4.98. The summed E-state index contributed by atoms with van der Waals surface area (Å²) in [6.45, 7) is 3.27. The highest BCUT2D eigenvalue weighted by atomic mass is 35.5. The molecule has 0 spiro atoms. The van der Waals surface area contributed by atoms with E-state index in [1.807, 2.05) is 0 Å². The van der Waals surface area contributed by atoms with Gasteiger partial charge in [-0.25, -0.2) is 0 Å². The van der Waals surface area contributed by atoms with Gasteiger partial charge in [0.2, 0.25) is 0 Å².